The third-order valence-electron chi connectivity index (χ3n) is 3.02. The Morgan fingerprint density at radius 3 is 2.88 bits per heavy atom. The first-order chi connectivity index (χ1) is 7.66. The Kier molecular flexibility index (Phi) is 4.20. The summed E-state index contributed by atoms with van der Waals surface area (Å²) in [6.45, 7) is 5.41. The van der Waals surface area contributed by atoms with E-state index < -0.39 is 0 Å². The fraction of sp³-hybridized carbons (Fsp3) is 0.538. The Hall–Kier alpha value is -0.150. The summed E-state index contributed by atoms with van der Waals surface area (Å²) in [7, 11) is 0. The van der Waals surface area contributed by atoms with Gasteiger partial charge in [0.25, 0.3) is 0 Å². The molecule has 0 amide bonds. The Balaban J connectivity index is 2.03. The number of aryl methyl sites for hydroxylation is 2. The number of halogens is 1. The molecule has 1 N–H and O–H groups in total. The molecule has 1 saturated heterocycles. The van der Waals surface area contributed by atoms with E-state index in [-0.39, 0.29) is 0 Å². The molecule has 1 heterocycles. The third kappa shape index (κ3) is 2.95. The van der Waals surface area contributed by atoms with Gasteiger partial charge in [-0.25, -0.2) is 0 Å². The van der Waals surface area contributed by atoms with E-state index in [2.05, 4.69) is 59.0 Å². The summed E-state index contributed by atoms with van der Waals surface area (Å²) < 4.78 is 1.19. The average molecular weight is 300 g/mol. The second kappa shape index (κ2) is 5.46. The molecule has 0 aliphatic carbocycles. The standard InChI is InChI=1S/C13H18BrNS/c1-9-5-10(2)13(12(14)6-9)15-7-11-3-4-16-8-11/h5-6,11,15H,3-4,7-8H2,1-2H3. The minimum atomic E-state index is 0.845. The number of thioether (sulfide) groups is 1. The molecule has 1 aliphatic rings. The molecular weight excluding hydrogens is 282 g/mol. The molecule has 1 aromatic carbocycles. The minimum absolute atomic E-state index is 0.845. The first-order valence-electron chi connectivity index (χ1n) is 5.75. The van der Waals surface area contributed by atoms with Crippen LogP contribution in [0.2, 0.25) is 0 Å². The lowest BCUT2D eigenvalue weighted by Gasteiger charge is -2.15. The van der Waals surface area contributed by atoms with Crippen molar-refractivity contribution < 1.29 is 0 Å². The molecule has 1 atom stereocenters. The summed E-state index contributed by atoms with van der Waals surface area (Å²) in [4.78, 5) is 0. The van der Waals surface area contributed by atoms with Crippen molar-refractivity contribution in [2.24, 2.45) is 5.92 Å². The molecule has 0 bridgehead atoms. The van der Waals surface area contributed by atoms with Crippen LogP contribution >= 0.6 is 27.7 Å². The van der Waals surface area contributed by atoms with Crippen LogP contribution in [0.1, 0.15) is 17.5 Å². The highest BCUT2D eigenvalue weighted by Crippen LogP contribution is 2.29. The van der Waals surface area contributed by atoms with Crippen LogP contribution in [0.5, 0.6) is 0 Å². The minimum Gasteiger partial charge on any atom is -0.384 e. The molecule has 16 heavy (non-hydrogen) atoms. The molecule has 1 nitrogen and oxygen atoms in total. The summed E-state index contributed by atoms with van der Waals surface area (Å²) >= 11 is 5.72. The first kappa shape index (κ1) is 12.3. The van der Waals surface area contributed by atoms with Crippen LogP contribution in [0.4, 0.5) is 5.69 Å². The summed E-state index contributed by atoms with van der Waals surface area (Å²) in [5.41, 5.74) is 3.91. The van der Waals surface area contributed by atoms with Crippen LogP contribution < -0.4 is 5.32 Å². The Bertz CT molecular complexity index is 349. The van der Waals surface area contributed by atoms with E-state index in [0.717, 1.165) is 12.5 Å². The number of hydrogen-bond acceptors (Lipinski definition) is 2. The molecule has 88 valence electrons. The lowest BCUT2D eigenvalue weighted by Crippen LogP contribution is -2.14. The van der Waals surface area contributed by atoms with Gasteiger partial charge in [-0.05, 0) is 70.8 Å². The summed E-state index contributed by atoms with van der Waals surface area (Å²) in [6.07, 6.45) is 1.36. The Morgan fingerprint density at radius 2 is 2.25 bits per heavy atom. The zero-order valence-electron chi connectivity index (χ0n) is 9.85. The normalized spacial score (nSPS) is 20.1. The molecule has 1 aliphatic heterocycles. The maximum atomic E-state index is 3.64. The van der Waals surface area contributed by atoms with Gasteiger partial charge in [-0.15, -0.1) is 0 Å². The zero-order chi connectivity index (χ0) is 11.5. The van der Waals surface area contributed by atoms with Crippen molar-refractivity contribution in [1.29, 1.82) is 0 Å². The first-order valence-corrected chi connectivity index (χ1v) is 7.70. The number of anilines is 1. The van der Waals surface area contributed by atoms with Crippen LogP contribution in [-0.2, 0) is 0 Å². The molecule has 0 aromatic heterocycles. The van der Waals surface area contributed by atoms with E-state index in [0.29, 0.717) is 0 Å². The van der Waals surface area contributed by atoms with Crippen LogP contribution in [0.25, 0.3) is 0 Å². The second-order valence-electron chi connectivity index (χ2n) is 4.55. The molecular formula is C13H18BrNS. The highest BCUT2D eigenvalue weighted by atomic mass is 79.9. The van der Waals surface area contributed by atoms with Gasteiger partial charge in [0.1, 0.15) is 0 Å². The SMILES string of the molecule is Cc1cc(C)c(NCC2CCSC2)c(Br)c1. The van der Waals surface area contributed by atoms with E-state index >= 15 is 0 Å². The van der Waals surface area contributed by atoms with Gasteiger partial charge in [-0.3, -0.25) is 0 Å². The molecule has 1 fully saturated rings. The number of benzene rings is 1. The topological polar surface area (TPSA) is 12.0 Å². The maximum Gasteiger partial charge on any atom is 0.0514 e. The Labute approximate surface area is 111 Å². The Morgan fingerprint density at radius 1 is 1.44 bits per heavy atom. The molecule has 0 spiro atoms. The highest BCUT2D eigenvalue weighted by molar-refractivity contribution is 9.10. The summed E-state index contributed by atoms with van der Waals surface area (Å²) in [5.74, 6) is 3.49. The number of nitrogens with one attached hydrogen (secondary N) is 1. The van der Waals surface area contributed by atoms with Crippen molar-refractivity contribution in [2.75, 3.05) is 23.4 Å². The van der Waals surface area contributed by atoms with Crippen LogP contribution in [0.15, 0.2) is 16.6 Å². The van der Waals surface area contributed by atoms with Gasteiger partial charge in [-0.1, -0.05) is 6.07 Å². The van der Waals surface area contributed by atoms with Gasteiger partial charge in [0.2, 0.25) is 0 Å². The molecule has 3 heteroatoms. The van der Waals surface area contributed by atoms with Crippen molar-refractivity contribution >= 4 is 33.4 Å². The van der Waals surface area contributed by atoms with Gasteiger partial charge in [0.05, 0.1) is 5.69 Å². The number of rotatable bonds is 3. The molecule has 0 saturated carbocycles. The maximum absolute atomic E-state index is 3.64. The van der Waals surface area contributed by atoms with E-state index in [9.17, 15) is 0 Å². The van der Waals surface area contributed by atoms with Gasteiger partial charge < -0.3 is 5.32 Å². The van der Waals surface area contributed by atoms with Gasteiger partial charge in [0, 0.05) is 11.0 Å². The smallest absolute Gasteiger partial charge is 0.0514 e. The average Bonchev–Trinajstić information content (AvgIpc) is 2.68. The fourth-order valence-corrected chi connectivity index (χ4v) is 4.23. The van der Waals surface area contributed by atoms with Gasteiger partial charge in [0.15, 0.2) is 0 Å². The zero-order valence-corrected chi connectivity index (χ0v) is 12.2. The molecule has 2 rings (SSSR count). The second-order valence-corrected chi connectivity index (χ2v) is 6.55. The highest BCUT2D eigenvalue weighted by Gasteiger charge is 2.15. The van der Waals surface area contributed by atoms with E-state index in [1.54, 1.807) is 0 Å². The molecule has 1 unspecified atom stereocenters. The van der Waals surface area contributed by atoms with Gasteiger partial charge in [-0.2, -0.15) is 11.8 Å². The van der Waals surface area contributed by atoms with E-state index in [4.69, 9.17) is 0 Å². The lowest BCUT2D eigenvalue weighted by atomic mass is 10.1. The van der Waals surface area contributed by atoms with Crippen molar-refractivity contribution in [2.45, 2.75) is 20.3 Å². The van der Waals surface area contributed by atoms with E-state index in [1.807, 2.05) is 0 Å². The van der Waals surface area contributed by atoms with Crippen LogP contribution in [0, 0.1) is 19.8 Å². The van der Waals surface area contributed by atoms with E-state index in [1.165, 1.54) is 39.2 Å². The van der Waals surface area contributed by atoms with Crippen LogP contribution in [-0.4, -0.2) is 18.1 Å². The third-order valence-corrected chi connectivity index (χ3v) is 4.88. The van der Waals surface area contributed by atoms with Crippen molar-refractivity contribution in [1.82, 2.24) is 0 Å². The van der Waals surface area contributed by atoms with Crippen molar-refractivity contribution in [3.8, 4) is 0 Å². The molecule has 0 radical (unpaired) electrons. The fourth-order valence-electron chi connectivity index (χ4n) is 2.13. The quantitative estimate of drug-likeness (QED) is 0.896. The van der Waals surface area contributed by atoms with Crippen molar-refractivity contribution in [3.05, 3.63) is 27.7 Å². The van der Waals surface area contributed by atoms with Crippen LogP contribution in [0.3, 0.4) is 0 Å². The largest absolute Gasteiger partial charge is 0.384 e. The molecule has 1 aromatic rings. The van der Waals surface area contributed by atoms with Gasteiger partial charge >= 0.3 is 0 Å². The lowest BCUT2D eigenvalue weighted by molar-refractivity contribution is 0.631. The van der Waals surface area contributed by atoms with Crippen molar-refractivity contribution in [3.63, 3.8) is 0 Å². The monoisotopic (exact) mass is 299 g/mol. The predicted octanol–water partition coefficient (Wildman–Crippen LogP) is 4.23. The summed E-state index contributed by atoms with van der Waals surface area (Å²) in [6, 6.07) is 4.41. The predicted molar refractivity (Wildman–Crippen MR) is 77.5 cm³/mol. The summed E-state index contributed by atoms with van der Waals surface area (Å²) in [5, 5.41) is 3.59. The number of hydrogen-bond donors (Lipinski definition) is 1.